The summed E-state index contributed by atoms with van der Waals surface area (Å²) in [5.74, 6) is 1.00. The van der Waals surface area contributed by atoms with Crippen molar-refractivity contribution in [2.24, 2.45) is 0 Å². The van der Waals surface area contributed by atoms with Crippen molar-refractivity contribution in [3.63, 3.8) is 0 Å². The number of hydrogen-bond acceptors (Lipinski definition) is 5. The van der Waals surface area contributed by atoms with E-state index in [0.717, 1.165) is 50.5 Å². The van der Waals surface area contributed by atoms with Gasteiger partial charge in [0.2, 0.25) is 0 Å². The van der Waals surface area contributed by atoms with E-state index in [0.29, 0.717) is 0 Å². The van der Waals surface area contributed by atoms with Gasteiger partial charge in [-0.05, 0) is 43.0 Å². The summed E-state index contributed by atoms with van der Waals surface area (Å²) in [4.78, 5) is 6.24. The van der Waals surface area contributed by atoms with Crippen molar-refractivity contribution in [2.45, 2.75) is 19.3 Å². The average molecular weight is 404 g/mol. The molecule has 0 saturated carbocycles. The Hall–Kier alpha value is -1.82. The second kappa shape index (κ2) is 9.93. The summed E-state index contributed by atoms with van der Waals surface area (Å²) in [6.07, 6.45) is 3.33. The number of halogens is 1. The van der Waals surface area contributed by atoms with Gasteiger partial charge in [0.05, 0.1) is 4.88 Å². The van der Waals surface area contributed by atoms with Gasteiger partial charge in [0.1, 0.15) is 11.5 Å². The lowest BCUT2D eigenvalue weighted by Gasteiger charge is -2.36. The molecule has 27 heavy (non-hydrogen) atoms. The Bertz CT molecular complexity index is 783. The lowest BCUT2D eigenvalue weighted by atomic mass is 10.1. The van der Waals surface area contributed by atoms with E-state index in [9.17, 15) is 0 Å². The standard InChI is InChI=1S/C21H25N3OS.ClH/c1-2-7-18(8-3-1)24-14-12-23(13-15-24)11-5-4-9-19-17-20(22-25-19)21-10-6-16-26-21;/h1-3,6-8,10,16-17H,4-5,9,11-15H2;1H. The molecule has 0 spiro atoms. The Labute approximate surface area is 171 Å². The number of aromatic nitrogens is 1. The highest BCUT2D eigenvalue weighted by molar-refractivity contribution is 7.13. The molecular weight excluding hydrogens is 378 g/mol. The van der Waals surface area contributed by atoms with E-state index in [1.165, 1.54) is 23.5 Å². The molecule has 3 aromatic rings. The number of anilines is 1. The third kappa shape index (κ3) is 5.34. The highest BCUT2D eigenvalue weighted by Crippen LogP contribution is 2.24. The number of benzene rings is 1. The molecule has 0 N–H and O–H groups in total. The van der Waals surface area contributed by atoms with Crippen LogP contribution in [0.1, 0.15) is 18.6 Å². The molecule has 6 heteroatoms. The Kier molecular flexibility index (Phi) is 7.33. The van der Waals surface area contributed by atoms with E-state index < -0.39 is 0 Å². The second-order valence-electron chi connectivity index (χ2n) is 6.78. The van der Waals surface area contributed by atoms with Crippen LogP contribution in [0, 0.1) is 0 Å². The van der Waals surface area contributed by atoms with Gasteiger partial charge in [-0.1, -0.05) is 29.4 Å². The lowest BCUT2D eigenvalue weighted by molar-refractivity contribution is 0.251. The van der Waals surface area contributed by atoms with E-state index in [-0.39, 0.29) is 12.4 Å². The highest BCUT2D eigenvalue weighted by Gasteiger charge is 2.16. The second-order valence-corrected chi connectivity index (χ2v) is 7.72. The molecule has 4 nitrogen and oxygen atoms in total. The van der Waals surface area contributed by atoms with Gasteiger partial charge in [-0.2, -0.15) is 0 Å². The van der Waals surface area contributed by atoms with Crippen LogP contribution in [0.5, 0.6) is 0 Å². The minimum atomic E-state index is 0. The van der Waals surface area contributed by atoms with Crippen LogP contribution in [0.2, 0.25) is 0 Å². The molecule has 1 saturated heterocycles. The van der Waals surface area contributed by atoms with Crippen molar-refractivity contribution in [3.05, 3.63) is 59.7 Å². The first-order chi connectivity index (χ1) is 12.9. The molecule has 1 aromatic carbocycles. The van der Waals surface area contributed by atoms with Crippen molar-refractivity contribution in [2.75, 3.05) is 37.6 Å². The van der Waals surface area contributed by atoms with Crippen molar-refractivity contribution in [1.29, 1.82) is 0 Å². The van der Waals surface area contributed by atoms with Gasteiger partial charge in [-0.25, -0.2) is 0 Å². The van der Waals surface area contributed by atoms with Gasteiger partial charge in [-0.15, -0.1) is 23.7 Å². The summed E-state index contributed by atoms with van der Waals surface area (Å²) in [7, 11) is 0. The van der Waals surface area contributed by atoms with Crippen LogP contribution in [0.4, 0.5) is 5.69 Å². The predicted molar refractivity (Wildman–Crippen MR) is 115 cm³/mol. The Balaban J connectivity index is 0.00000210. The van der Waals surface area contributed by atoms with Crippen LogP contribution in [-0.4, -0.2) is 42.8 Å². The van der Waals surface area contributed by atoms with E-state index in [4.69, 9.17) is 4.52 Å². The fourth-order valence-electron chi connectivity index (χ4n) is 3.47. The van der Waals surface area contributed by atoms with Gasteiger partial charge >= 0.3 is 0 Å². The Morgan fingerprint density at radius 1 is 0.963 bits per heavy atom. The van der Waals surface area contributed by atoms with Crippen molar-refractivity contribution in [3.8, 4) is 10.6 Å². The van der Waals surface area contributed by atoms with Crippen molar-refractivity contribution in [1.82, 2.24) is 10.1 Å². The number of unbranched alkanes of at least 4 members (excludes halogenated alkanes) is 1. The van der Waals surface area contributed by atoms with Gasteiger partial charge in [0, 0.05) is 44.4 Å². The monoisotopic (exact) mass is 403 g/mol. The first-order valence-corrected chi connectivity index (χ1v) is 10.3. The highest BCUT2D eigenvalue weighted by atomic mass is 35.5. The zero-order valence-corrected chi connectivity index (χ0v) is 17.1. The normalized spacial score (nSPS) is 14.9. The Morgan fingerprint density at radius 3 is 2.52 bits per heavy atom. The first kappa shape index (κ1) is 19.9. The number of hydrogen-bond donors (Lipinski definition) is 0. The molecule has 1 aliphatic rings. The molecule has 3 heterocycles. The molecule has 0 radical (unpaired) electrons. The lowest BCUT2D eigenvalue weighted by Crippen LogP contribution is -2.46. The van der Waals surface area contributed by atoms with Crippen LogP contribution in [0.15, 0.2) is 58.4 Å². The first-order valence-electron chi connectivity index (χ1n) is 9.40. The number of para-hydroxylation sites is 1. The summed E-state index contributed by atoms with van der Waals surface area (Å²) in [6, 6.07) is 17.0. The van der Waals surface area contributed by atoms with Crippen molar-refractivity contribution >= 4 is 29.4 Å². The van der Waals surface area contributed by atoms with Crippen LogP contribution in [0.25, 0.3) is 10.6 Å². The molecule has 1 aliphatic heterocycles. The maximum absolute atomic E-state index is 5.48. The van der Waals surface area contributed by atoms with Crippen molar-refractivity contribution < 1.29 is 4.52 Å². The molecule has 0 aliphatic carbocycles. The molecule has 1 fully saturated rings. The van der Waals surface area contributed by atoms with Crippen LogP contribution < -0.4 is 4.90 Å². The number of nitrogens with zero attached hydrogens (tertiary/aromatic N) is 3. The predicted octanol–water partition coefficient (Wildman–Crippen LogP) is 4.97. The fraction of sp³-hybridized carbons (Fsp3) is 0.381. The number of rotatable bonds is 7. The maximum atomic E-state index is 5.48. The average Bonchev–Trinajstić information content (AvgIpc) is 3.38. The van der Waals surface area contributed by atoms with E-state index in [2.05, 4.69) is 62.8 Å². The Morgan fingerprint density at radius 2 is 1.78 bits per heavy atom. The van der Waals surface area contributed by atoms with Crippen LogP contribution in [-0.2, 0) is 6.42 Å². The molecule has 144 valence electrons. The summed E-state index contributed by atoms with van der Waals surface area (Å²) >= 11 is 1.70. The smallest absolute Gasteiger partial charge is 0.137 e. The molecular formula is C21H26ClN3OS. The van der Waals surface area contributed by atoms with Crippen LogP contribution >= 0.6 is 23.7 Å². The van der Waals surface area contributed by atoms with Crippen LogP contribution in [0.3, 0.4) is 0 Å². The number of thiophene rings is 1. The molecule has 4 rings (SSSR count). The number of piperazine rings is 1. The van der Waals surface area contributed by atoms with E-state index >= 15 is 0 Å². The molecule has 0 unspecified atom stereocenters. The zero-order valence-electron chi connectivity index (χ0n) is 15.4. The maximum Gasteiger partial charge on any atom is 0.137 e. The fourth-order valence-corrected chi connectivity index (χ4v) is 4.15. The van der Waals surface area contributed by atoms with E-state index in [1.807, 2.05) is 6.07 Å². The largest absolute Gasteiger partial charge is 0.369 e. The summed E-state index contributed by atoms with van der Waals surface area (Å²) in [6.45, 7) is 5.72. The van der Waals surface area contributed by atoms with E-state index in [1.54, 1.807) is 11.3 Å². The SMILES string of the molecule is Cl.c1ccc(N2CCN(CCCCc3cc(-c4cccs4)no3)CC2)cc1. The molecule has 2 aromatic heterocycles. The van der Waals surface area contributed by atoms with Gasteiger partial charge < -0.3 is 9.42 Å². The van der Waals surface area contributed by atoms with Gasteiger partial charge in [0.25, 0.3) is 0 Å². The topological polar surface area (TPSA) is 32.5 Å². The third-order valence-electron chi connectivity index (χ3n) is 4.97. The zero-order chi connectivity index (χ0) is 17.6. The molecule has 0 atom stereocenters. The molecule has 0 bridgehead atoms. The summed E-state index contributed by atoms with van der Waals surface area (Å²) < 4.78 is 5.48. The summed E-state index contributed by atoms with van der Waals surface area (Å²) in [5.41, 5.74) is 2.31. The number of aryl methyl sites for hydroxylation is 1. The third-order valence-corrected chi connectivity index (χ3v) is 5.87. The van der Waals surface area contributed by atoms with Gasteiger partial charge in [-0.3, -0.25) is 4.90 Å². The summed E-state index contributed by atoms with van der Waals surface area (Å²) in [5, 5.41) is 6.25. The molecule has 0 amide bonds. The minimum Gasteiger partial charge on any atom is -0.369 e. The minimum absolute atomic E-state index is 0. The van der Waals surface area contributed by atoms with Gasteiger partial charge in [0.15, 0.2) is 0 Å². The quantitative estimate of drug-likeness (QED) is 0.521.